The molecular weight excluding hydrogens is 241 g/mol. The van der Waals surface area contributed by atoms with Crippen molar-refractivity contribution < 1.29 is 17.3 Å². The van der Waals surface area contributed by atoms with Gasteiger partial charge in [0.15, 0.2) is 0 Å². The minimum absolute atomic E-state index is 0. The maximum absolute atomic E-state index is 5.82. The fraction of sp³-hybridized carbons (Fsp3) is 0.538. The lowest BCUT2D eigenvalue weighted by atomic mass is 10.2. The van der Waals surface area contributed by atoms with Gasteiger partial charge >= 0.3 is 0 Å². The summed E-state index contributed by atoms with van der Waals surface area (Å²) in [5, 5.41) is 0. The first-order valence-corrected chi connectivity index (χ1v) is 6.33. The zero-order valence-corrected chi connectivity index (χ0v) is 11.4. The number of unbranched alkanes of at least 4 members (excludes halogenated alkanes) is 1. The number of halogens is 2. The molecule has 1 N–H and O–H groups in total. The van der Waals surface area contributed by atoms with Crippen LogP contribution >= 0.6 is 11.6 Å². The molecule has 0 radical (unpaired) electrons. The molecule has 0 aliphatic carbocycles. The minimum Gasteiger partial charge on any atom is -1.00 e. The predicted octanol–water partition coefficient (Wildman–Crippen LogP) is -0.886. The van der Waals surface area contributed by atoms with E-state index in [1.807, 2.05) is 0 Å². The van der Waals surface area contributed by atoms with Crippen LogP contribution in [0.5, 0.6) is 0 Å². The van der Waals surface area contributed by atoms with Crippen molar-refractivity contribution in [2.45, 2.75) is 26.3 Å². The smallest absolute Gasteiger partial charge is 0.103 e. The van der Waals surface area contributed by atoms with Crippen molar-refractivity contribution in [3.63, 3.8) is 0 Å². The lowest BCUT2D eigenvalue weighted by molar-refractivity contribution is -0.911. The highest BCUT2D eigenvalue weighted by Gasteiger charge is 2.07. The summed E-state index contributed by atoms with van der Waals surface area (Å²) in [5.74, 6) is 0.756. The molecule has 0 amide bonds. The fourth-order valence-corrected chi connectivity index (χ4v) is 2.01. The lowest BCUT2D eigenvalue weighted by Crippen LogP contribution is -3.11. The van der Waals surface area contributed by atoms with Crippen LogP contribution in [0.4, 0.5) is 0 Å². The number of hydrogen-bond acceptors (Lipinski definition) is 0. The monoisotopic (exact) mass is 261 g/mol. The molecule has 0 bridgehead atoms. The molecule has 0 heterocycles. The van der Waals surface area contributed by atoms with E-state index in [-0.39, 0.29) is 12.4 Å². The first kappa shape index (κ1) is 15.8. The molecule has 0 aliphatic rings. The quantitative estimate of drug-likeness (QED) is 0.608. The van der Waals surface area contributed by atoms with Crippen LogP contribution < -0.4 is 17.3 Å². The van der Waals surface area contributed by atoms with Gasteiger partial charge in [0.05, 0.1) is 19.0 Å². The maximum Gasteiger partial charge on any atom is 0.103 e. The van der Waals surface area contributed by atoms with E-state index < -0.39 is 0 Å². The van der Waals surface area contributed by atoms with Gasteiger partial charge in [0.2, 0.25) is 0 Å². The van der Waals surface area contributed by atoms with E-state index in [4.69, 9.17) is 11.6 Å². The number of hydrogen-bond donors (Lipinski definition) is 1. The SMILES string of the molecule is CCCC[NH+](CCCl)Cc1ccccc1.[Cl-]. The Morgan fingerprint density at radius 2 is 1.81 bits per heavy atom. The molecule has 1 unspecified atom stereocenters. The third-order valence-electron chi connectivity index (χ3n) is 2.63. The Balaban J connectivity index is 0.00000225. The van der Waals surface area contributed by atoms with Gasteiger partial charge in [-0.3, -0.25) is 0 Å². The third kappa shape index (κ3) is 6.37. The van der Waals surface area contributed by atoms with E-state index in [0.29, 0.717) is 0 Å². The van der Waals surface area contributed by atoms with Crippen molar-refractivity contribution in [1.82, 2.24) is 0 Å². The average Bonchev–Trinajstić information content (AvgIpc) is 2.28. The van der Waals surface area contributed by atoms with Crippen LogP contribution in [0.25, 0.3) is 0 Å². The first-order valence-electron chi connectivity index (χ1n) is 5.80. The molecule has 16 heavy (non-hydrogen) atoms. The van der Waals surface area contributed by atoms with E-state index in [1.54, 1.807) is 4.90 Å². The molecular formula is C13H21Cl2N. The number of benzene rings is 1. The Kier molecular flexibility index (Phi) is 9.80. The van der Waals surface area contributed by atoms with Crippen LogP contribution in [0.1, 0.15) is 25.3 Å². The lowest BCUT2D eigenvalue weighted by Gasteiger charge is -2.18. The number of nitrogens with one attached hydrogen (secondary N) is 1. The fourth-order valence-electron chi connectivity index (χ4n) is 1.75. The van der Waals surface area contributed by atoms with Crippen molar-refractivity contribution >= 4 is 11.6 Å². The zero-order valence-electron chi connectivity index (χ0n) is 9.89. The summed E-state index contributed by atoms with van der Waals surface area (Å²) < 4.78 is 0. The molecule has 1 atom stereocenters. The van der Waals surface area contributed by atoms with Gasteiger partial charge in [0.25, 0.3) is 0 Å². The summed E-state index contributed by atoms with van der Waals surface area (Å²) in [5.41, 5.74) is 1.41. The topological polar surface area (TPSA) is 4.44 Å². The summed E-state index contributed by atoms with van der Waals surface area (Å²) in [4.78, 5) is 1.60. The summed E-state index contributed by atoms with van der Waals surface area (Å²) >= 11 is 5.82. The molecule has 1 rings (SSSR count). The molecule has 1 nitrogen and oxygen atoms in total. The second-order valence-electron chi connectivity index (χ2n) is 3.95. The average molecular weight is 262 g/mol. The van der Waals surface area contributed by atoms with Crippen molar-refractivity contribution in [1.29, 1.82) is 0 Å². The molecule has 1 aromatic carbocycles. The Labute approximate surface area is 110 Å². The highest BCUT2D eigenvalue weighted by Crippen LogP contribution is 1.95. The van der Waals surface area contributed by atoms with Gasteiger partial charge in [-0.2, -0.15) is 0 Å². The Morgan fingerprint density at radius 3 is 2.38 bits per heavy atom. The molecule has 92 valence electrons. The van der Waals surface area contributed by atoms with Crippen LogP contribution in [0.3, 0.4) is 0 Å². The normalized spacial score (nSPS) is 11.9. The van der Waals surface area contributed by atoms with Crippen LogP contribution in [-0.2, 0) is 6.54 Å². The second kappa shape index (κ2) is 9.95. The zero-order chi connectivity index (χ0) is 10.9. The van der Waals surface area contributed by atoms with Gasteiger partial charge in [0.1, 0.15) is 6.54 Å². The number of alkyl halides is 1. The summed E-state index contributed by atoms with van der Waals surface area (Å²) in [6.07, 6.45) is 2.56. The van der Waals surface area contributed by atoms with Crippen LogP contribution in [0.2, 0.25) is 0 Å². The Hall–Kier alpha value is -0.240. The summed E-state index contributed by atoms with van der Waals surface area (Å²) in [7, 11) is 0. The molecule has 0 saturated carbocycles. The van der Waals surface area contributed by atoms with Gasteiger partial charge in [-0.05, 0) is 6.42 Å². The summed E-state index contributed by atoms with van der Waals surface area (Å²) in [6, 6.07) is 10.7. The molecule has 0 saturated heterocycles. The third-order valence-corrected chi connectivity index (χ3v) is 2.82. The molecule has 0 fully saturated rings. The Morgan fingerprint density at radius 1 is 1.12 bits per heavy atom. The van der Waals surface area contributed by atoms with Gasteiger partial charge in [-0.25, -0.2) is 0 Å². The van der Waals surface area contributed by atoms with Crippen LogP contribution in [0.15, 0.2) is 30.3 Å². The van der Waals surface area contributed by atoms with E-state index in [9.17, 15) is 0 Å². The highest BCUT2D eigenvalue weighted by atomic mass is 35.5. The van der Waals surface area contributed by atoms with Gasteiger partial charge in [-0.1, -0.05) is 43.7 Å². The molecule has 0 aromatic heterocycles. The number of quaternary nitrogens is 1. The minimum atomic E-state index is 0. The predicted molar refractivity (Wildman–Crippen MR) is 66.5 cm³/mol. The number of rotatable bonds is 7. The van der Waals surface area contributed by atoms with Crippen molar-refractivity contribution in [3.8, 4) is 0 Å². The van der Waals surface area contributed by atoms with Gasteiger partial charge in [0, 0.05) is 5.56 Å². The van der Waals surface area contributed by atoms with Crippen LogP contribution in [0, 0.1) is 0 Å². The van der Waals surface area contributed by atoms with Gasteiger partial charge < -0.3 is 17.3 Å². The Bertz CT molecular complexity index is 251. The molecule has 0 aliphatic heterocycles. The van der Waals surface area contributed by atoms with Crippen molar-refractivity contribution in [2.75, 3.05) is 19.0 Å². The second-order valence-corrected chi connectivity index (χ2v) is 4.33. The molecule has 0 spiro atoms. The highest BCUT2D eigenvalue weighted by molar-refractivity contribution is 6.17. The largest absolute Gasteiger partial charge is 1.00 e. The van der Waals surface area contributed by atoms with Crippen molar-refractivity contribution in [3.05, 3.63) is 35.9 Å². The first-order chi connectivity index (χ1) is 7.36. The van der Waals surface area contributed by atoms with Crippen molar-refractivity contribution in [2.24, 2.45) is 0 Å². The van der Waals surface area contributed by atoms with E-state index >= 15 is 0 Å². The van der Waals surface area contributed by atoms with E-state index in [1.165, 1.54) is 24.9 Å². The van der Waals surface area contributed by atoms with E-state index in [0.717, 1.165) is 19.0 Å². The van der Waals surface area contributed by atoms with E-state index in [2.05, 4.69) is 37.3 Å². The standard InChI is InChI=1S/C13H20ClN.ClH/c1-2-3-10-15(11-9-14)12-13-7-5-4-6-8-13;/h4-8H,2-3,9-12H2,1H3;1H. The molecule has 3 heteroatoms. The maximum atomic E-state index is 5.82. The van der Waals surface area contributed by atoms with Gasteiger partial charge in [-0.15, -0.1) is 11.6 Å². The van der Waals surface area contributed by atoms with Crippen LogP contribution in [-0.4, -0.2) is 19.0 Å². The molecule has 1 aromatic rings. The summed E-state index contributed by atoms with van der Waals surface area (Å²) in [6.45, 7) is 5.64.